The molecule has 1 aromatic rings. The molecular weight excluding hydrogens is 188 g/mol. The quantitative estimate of drug-likeness (QED) is 0.713. The summed E-state index contributed by atoms with van der Waals surface area (Å²) in [6.07, 6.45) is 7.66. The first kappa shape index (κ1) is 10.4. The lowest BCUT2D eigenvalue weighted by molar-refractivity contribution is 0.0632. The minimum absolute atomic E-state index is 0.565. The molecule has 2 rings (SSSR count). The molecule has 1 heterocycles. The second-order valence-electron chi connectivity index (χ2n) is 4.58. The molecule has 2 atom stereocenters. The number of imidazole rings is 1. The molecule has 1 aliphatic carbocycles. The van der Waals surface area contributed by atoms with Crippen molar-refractivity contribution in [1.82, 2.24) is 9.55 Å². The van der Waals surface area contributed by atoms with Crippen LogP contribution in [0, 0.1) is 12.8 Å². The maximum absolute atomic E-state index is 10.4. The van der Waals surface area contributed by atoms with Gasteiger partial charge in [-0.05, 0) is 25.7 Å². The zero-order valence-electron chi connectivity index (χ0n) is 9.57. The lowest BCUT2D eigenvalue weighted by Crippen LogP contribution is -2.27. The lowest BCUT2D eigenvalue weighted by Gasteiger charge is -2.28. The highest BCUT2D eigenvalue weighted by molar-refractivity contribution is 5.22. The fraction of sp³-hybridized carbons (Fsp3) is 0.583. The maximum Gasteiger partial charge on any atom is 0.126 e. The van der Waals surface area contributed by atoms with Crippen LogP contribution in [0.15, 0.2) is 18.3 Å². The van der Waals surface area contributed by atoms with Crippen molar-refractivity contribution in [2.75, 3.05) is 0 Å². The Morgan fingerprint density at radius 3 is 2.80 bits per heavy atom. The molecular formula is C12H18N2O. The molecule has 3 heteroatoms. The van der Waals surface area contributed by atoms with Gasteiger partial charge in [-0.15, -0.1) is 0 Å². The van der Waals surface area contributed by atoms with Gasteiger partial charge in [-0.3, -0.25) is 0 Å². The van der Waals surface area contributed by atoms with Crippen LogP contribution >= 0.6 is 0 Å². The van der Waals surface area contributed by atoms with Crippen LogP contribution in [0.1, 0.15) is 31.3 Å². The van der Waals surface area contributed by atoms with Crippen LogP contribution in [0.4, 0.5) is 0 Å². The van der Waals surface area contributed by atoms with E-state index in [2.05, 4.69) is 18.0 Å². The van der Waals surface area contributed by atoms with Crippen molar-refractivity contribution in [3.63, 3.8) is 0 Å². The van der Waals surface area contributed by atoms with E-state index in [1.165, 1.54) is 0 Å². The van der Waals surface area contributed by atoms with Gasteiger partial charge >= 0.3 is 0 Å². The Hall–Kier alpha value is -1.09. The summed E-state index contributed by atoms with van der Waals surface area (Å²) in [4.78, 5) is 4.39. The SMILES string of the molecule is Cc1nc(C2(O)C=CC(C)CC2)cn1C. The van der Waals surface area contributed by atoms with Crippen molar-refractivity contribution in [3.8, 4) is 0 Å². The van der Waals surface area contributed by atoms with Crippen molar-refractivity contribution in [2.45, 2.75) is 32.3 Å². The molecule has 1 N–H and O–H groups in total. The largest absolute Gasteiger partial charge is 0.379 e. The molecule has 0 aromatic carbocycles. The van der Waals surface area contributed by atoms with Crippen molar-refractivity contribution < 1.29 is 5.11 Å². The van der Waals surface area contributed by atoms with E-state index in [0.717, 1.165) is 24.4 Å². The first-order chi connectivity index (χ1) is 7.01. The molecule has 0 fully saturated rings. The molecule has 0 bridgehead atoms. The van der Waals surface area contributed by atoms with Crippen molar-refractivity contribution in [2.24, 2.45) is 13.0 Å². The summed E-state index contributed by atoms with van der Waals surface area (Å²) in [6, 6.07) is 0. The summed E-state index contributed by atoms with van der Waals surface area (Å²) in [6.45, 7) is 4.11. The average molecular weight is 206 g/mol. The maximum atomic E-state index is 10.4. The van der Waals surface area contributed by atoms with Gasteiger partial charge in [0.1, 0.15) is 11.4 Å². The molecule has 1 aliphatic rings. The molecule has 0 spiro atoms. The summed E-state index contributed by atoms with van der Waals surface area (Å²) >= 11 is 0. The summed E-state index contributed by atoms with van der Waals surface area (Å²) < 4.78 is 1.94. The Morgan fingerprint density at radius 1 is 1.60 bits per heavy atom. The van der Waals surface area contributed by atoms with E-state index in [1.54, 1.807) is 0 Å². The van der Waals surface area contributed by atoms with Crippen LogP contribution < -0.4 is 0 Å². The second-order valence-corrected chi connectivity index (χ2v) is 4.58. The fourth-order valence-corrected chi connectivity index (χ4v) is 1.93. The summed E-state index contributed by atoms with van der Waals surface area (Å²) in [5.41, 5.74) is -0.0796. The highest BCUT2D eigenvalue weighted by Crippen LogP contribution is 2.33. The second kappa shape index (κ2) is 3.49. The van der Waals surface area contributed by atoms with Crippen LogP contribution in [0.3, 0.4) is 0 Å². The fourth-order valence-electron chi connectivity index (χ4n) is 1.93. The van der Waals surface area contributed by atoms with Gasteiger partial charge < -0.3 is 9.67 Å². The lowest BCUT2D eigenvalue weighted by atomic mass is 9.84. The zero-order chi connectivity index (χ0) is 11.1. The number of nitrogens with zero attached hydrogens (tertiary/aromatic N) is 2. The van der Waals surface area contributed by atoms with Gasteiger partial charge in [-0.25, -0.2) is 4.98 Å². The van der Waals surface area contributed by atoms with Gasteiger partial charge in [0, 0.05) is 13.2 Å². The Kier molecular flexibility index (Phi) is 2.43. The Labute approximate surface area is 90.5 Å². The van der Waals surface area contributed by atoms with Gasteiger partial charge in [-0.1, -0.05) is 19.1 Å². The number of hydrogen-bond acceptors (Lipinski definition) is 2. The molecule has 1 aromatic heterocycles. The van der Waals surface area contributed by atoms with E-state index in [-0.39, 0.29) is 0 Å². The third-order valence-electron chi connectivity index (χ3n) is 3.23. The molecule has 82 valence electrons. The minimum atomic E-state index is -0.849. The van der Waals surface area contributed by atoms with Crippen molar-refractivity contribution in [1.29, 1.82) is 0 Å². The predicted molar refractivity (Wildman–Crippen MR) is 59.4 cm³/mol. The van der Waals surface area contributed by atoms with Gasteiger partial charge in [-0.2, -0.15) is 0 Å². The number of rotatable bonds is 1. The van der Waals surface area contributed by atoms with Gasteiger partial charge in [0.25, 0.3) is 0 Å². The van der Waals surface area contributed by atoms with Gasteiger partial charge in [0.05, 0.1) is 5.69 Å². The highest BCUT2D eigenvalue weighted by Gasteiger charge is 2.31. The molecule has 3 nitrogen and oxygen atoms in total. The molecule has 15 heavy (non-hydrogen) atoms. The van der Waals surface area contributed by atoms with Crippen molar-refractivity contribution in [3.05, 3.63) is 29.9 Å². The Balaban J connectivity index is 2.33. The molecule has 0 radical (unpaired) electrons. The normalized spacial score (nSPS) is 30.8. The Morgan fingerprint density at radius 2 is 2.33 bits per heavy atom. The smallest absolute Gasteiger partial charge is 0.126 e. The Bertz CT molecular complexity index is 375. The monoisotopic (exact) mass is 206 g/mol. The topological polar surface area (TPSA) is 38.1 Å². The number of hydrogen-bond donors (Lipinski definition) is 1. The third-order valence-corrected chi connectivity index (χ3v) is 3.23. The predicted octanol–water partition coefficient (Wildman–Crippen LogP) is 1.90. The molecule has 2 unspecified atom stereocenters. The van der Waals surface area contributed by atoms with Crippen LogP contribution in [0.2, 0.25) is 0 Å². The summed E-state index contributed by atoms with van der Waals surface area (Å²) in [5, 5.41) is 10.4. The zero-order valence-corrected chi connectivity index (χ0v) is 9.57. The van der Waals surface area contributed by atoms with Crippen LogP contribution in [0.5, 0.6) is 0 Å². The number of aliphatic hydroxyl groups is 1. The molecule has 0 saturated carbocycles. The van der Waals surface area contributed by atoms with E-state index in [1.807, 2.05) is 30.8 Å². The molecule has 0 aliphatic heterocycles. The first-order valence-corrected chi connectivity index (χ1v) is 5.43. The van der Waals surface area contributed by atoms with Crippen LogP contribution in [-0.4, -0.2) is 14.7 Å². The van der Waals surface area contributed by atoms with E-state index < -0.39 is 5.60 Å². The van der Waals surface area contributed by atoms with Gasteiger partial charge in [0.2, 0.25) is 0 Å². The number of allylic oxidation sites excluding steroid dienone is 1. The number of aromatic nitrogens is 2. The standard InChI is InChI=1S/C12H18N2O/c1-9-4-6-12(15,7-5-9)11-8-14(3)10(2)13-11/h4,6,8-9,15H,5,7H2,1-3H3. The average Bonchev–Trinajstić information content (AvgIpc) is 2.53. The van der Waals surface area contributed by atoms with Crippen LogP contribution in [0.25, 0.3) is 0 Å². The van der Waals surface area contributed by atoms with Crippen molar-refractivity contribution >= 4 is 0 Å². The highest BCUT2D eigenvalue weighted by atomic mass is 16.3. The van der Waals surface area contributed by atoms with E-state index in [4.69, 9.17) is 0 Å². The van der Waals surface area contributed by atoms with E-state index in [0.29, 0.717) is 5.92 Å². The van der Waals surface area contributed by atoms with E-state index >= 15 is 0 Å². The molecule has 0 saturated heterocycles. The minimum Gasteiger partial charge on any atom is -0.379 e. The van der Waals surface area contributed by atoms with E-state index in [9.17, 15) is 5.11 Å². The van der Waals surface area contributed by atoms with Gasteiger partial charge in [0.15, 0.2) is 0 Å². The number of aryl methyl sites for hydroxylation is 2. The first-order valence-electron chi connectivity index (χ1n) is 5.43. The van der Waals surface area contributed by atoms with Crippen LogP contribution in [-0.2, 0) is 12.6 Å². The summed E-state index contributed by atoms with van der Waals surface area (Å²) in [5.74, 6) is 1.50. The summed E-state index contributed by atoms with van der Waals surface area (Å²) in [7, 11) is 1.95. The molecule has 0 amide bonds. The third kappa shape index (κ3) is 1.84.